The summed E-state index contributed by atoms with van der Waals surface area (Å²) in [5, 5.41) is 2.86. The van der Waals surface area contributed by atoms with E-state index in [-0.39, 0.29) is 24.1 Å². The van der Waals surface area contributed by atoms with Gasteiger partial charge in [0, 0.05) is 0 Å². The molecule has 0 bridgehead atoms. The van der Waals surface area contributed by atoms with Crippen LogP contribution >= 0.6 is 0 Å². The van der Waals surface area contributed by atoms with Crippen molar-refractivity contribution in [3.05, 3.63) is 89.0 Å². The zero-order valence-electron chi connectivity index (χ0n) is 20.3. The monoisotopic (exact) mass is 480 g/mol. The number of amides is 1. The van der Waals surface area contributed by atoms with E-state index in [2.05, 4.69) is 5.32 Å². The van der Waals surface area contributed by atoms with Crippen LogP contribution in [0.4, 0.5) is 5.69 Å². The van der Waals surface area contributed by atoms with Crippen molar-refractivity contribution < 1.29 is 17.9 Å². The summed E-state index contributed by atoms with van der Waals surface area (Å²) >= 11 is 0. The number of ether oxygens (including phenoxy) is 1. The Kier molecular flexibility index (Phi) is 7.99. The maximum absolute atomic E-state index is 13.6. The average Bonchev–Trinajstić information content (AvgIpc) is 2.79. The lowest BCUT2D eigenvalue weighted by Crippen LogP contribution is -2.45. The van der Waals surface area contributed by atoms with Gasteiger partial charge < -0.3 is 10.1 Å². The Hall–Kier alpha value is -3.32. The predicted molar refractivity (Wildman–Crippen MR) is 136 cm³/mol. The van der Waals surface area contributed by atoms with E-state index in [0.717, 1.165) is 22.3 Å². The highest BCUT2D eigenvalue weighted by molar-refractivity contribution is 7.92. The van der Waals surface area contributed by atoms with E-state index in [1.165, 1.54) is 4.31 Å². The first-order valence-corrected chi connectivity index (χ1v) is 12.7. The van der Waals surface area contributed by atoms with Gasteiger partial charge in [0.15, 0.2) is 0 Å². The molecule has 1 atom stereocenters. The van der Waals surface area contributed by atoms with Gasteiger partial charge in [0.05, 0.1) is 16.6 Å². The lowest BCUT2D eigenvalue weighted by atomic mass is 10.1. The minimum Gasteiger partial charge on any atom is -0.491 e. The van der Waals surface area contributed by atoms with E-state index >= 15 is 0 Å². The molecule has 0 aromatic heterocycles. The first-order valence-electron chi connectivity index (χ1n) is 11.2. The quantitative estimate of drug-likeness (QED) is 0.482. The van der Waals surface area contributed by atoms with E-state index < -0.39 is 15.9 Å². The van der Waals surface area contributed by atoms with Crippen LogP contribution in [0.3, 0.4) is 0 Å². The SMILES string of the molecule is Cc1ccc(OCC(C)NC(=O)CN(c2cccc(C)c2C)S(=O)(=O)c2ccc(C)cc2)cc1. The Bertz CT molecular complexity index is 1240. The Labute approximate surface area is 202 Å². The maximum atomic E-state index is 13.6. The second kappa shape index (κ2) is 10.7. The molecular formula is C27H32N2O4S. The molecule has 3 aromatic rings. The van der Waals surface area contributed by atoms with Crippen molar-refractivity contribution in [1.29, 1.82) is 0 Å². The number of aryl methyl sites for hydroxylation is 3. The van der Waals surface area contributed by atoms with Crippen LogP contribution in [-0.4, -0.2) is 33.5 Å². The van der Waals surface area contributed by atoms with Gasteiger partial charge in [0.1, 0.15) is 18.9 Å². The van der Waals surface area contributed by atoms with E-state index in [1.54, 1.807) is 36.4 Å². The molecule has 1 N–H and O–H groups in total. The second-order valence-electron chi connectivity index (χ2n) is 8.64. The van der Waals surface area contributed by atoms with Crippen LogP contribution in [0.1, 0.15) is 29.2 Å². The highest BCUT2D eigenvalue weighted by Gasteiger charge is 2.29. The molecule has 0 saturated heterocycles. The van der Waals surface area contributed by atoms with Gasteiger partial charge in [-0.05, 0) is 76.1 Å². The number of benzene rings is 3. The Balaban J connectivity index is 1.79. The molecule has 0 heterocycles. The molecule has 34 heavy (non-hydrogen) atoms. The number of hydrogen-bond acceptors (Lipinski definition) is 4. The number of carbonyl (C=O) groups excluding carboxylic acids is 1. The summed E-state index contributed by atoms with van der Waals surface area (Å²) < 4.78 is 34.1. The zero-order chi connectivity index (χ0) is 24.9. The van der Waals surface area contributed by atoms with Gasteiger partial charge in [-0.25, -0.2) is 8.42 Å². The number of rotatable bonds is 9. The summed E-state index contributed by atoms with van der Waals surface area (Å²) in [6.45, 7) is 9.42. The molecule has 0 aliphatic heterocycles. The molecule has 180 valence electrons. The van der Waals surface area contributed by atoms with Crippen LogP contribution in [0.15, 0.2) is 71.6 Å². The lowest BCUT2D eigenvalue weighted by Gasteiger charge is -2.27. The van der Waals surface area contributed by atoms with Gasteiger partial charge in [-0.3, -0.25) is 9.10 Å². The third-order valence-corrected chi connectivity index (χ3v) is 7.44. The number of carbonyl (C=O) groups is 1. The lowest BCUT2D eigenvalue weighted by molar-refractivity contribution is -0.120. The Morgan fingerprint density at radius 1 is 0.912 bits per heavy atom. The Morgan fingerprint density at radius 3 is 2.12 bits per heavy atom. The number of sulfonamides is 1. The third kappa shape index (κ3) is 6.17. The van der Waals surface area contributed by atoms with E-state index in [4.69, 9.17) is 4.74 Å². The third-order valence-electron chi connectivity index (χ3n) is 5.67. The van der Waals surface area contributed by atoms with Crippen LogP contribution in [-0.2, 0) is 14.8 Å². The van der Waals surface area contributed by atoms with Crippen molar-refractivity contribution in [2.24, 2.45) is 0 Å². The number of nitrogens with zero attached hydrogens (tertiary/aromatic N) is 1. The molecular weight excluding hydrogens is 448 g/mol. The van der Waals surface area contributed by atoms with Crippen LogP contribution < -0.4 is 14.4 Å². The summed E-state index contributed by atoms with van der Waals surface area (Å²) in [7, 11) is -3.96. The molecule has 0 aliphatic carbocycles. The summed E-state index contributed by atoms with van der Waals surface area (Å²) in [5.74, 6) is 0.308. The van der Waals surface area contributed by atoms with E-state index in [1.807, 2.05) is 65.0 Å². The van der Waals surface area contributed by atoms with Gasteiger partial charge in [0.2, 0.25) is 5.91 Å². The molecule has 1 amide bonds. The summed E-state index contributed by atoms with van der Waals surface area (Å²) in [5.41, 5.74) is 4.33. The minimum atomic E-state index is -3.96. The molecule has 1 unspecified atom stereocenters. The fourth-order valence-electron chi connectivity index (χ4n) is 3.49. The number of hydrogen-bond donors (Lipinski definition) is 1. The number of anilines is 1. The smallest absolute Gasteiger partial charge is 0.264 e. The molecule has 0 aliphatic rings. The van der Waals surface area contributed by atoms with Crippen LogP contribution in [0.25, 0.3) is 0 Å². The fraction of sp³-hybridized carbons (Fsp3) is 0.296. The normalized spacial score (nSPS) is 12.1. The molecule has 6 nitrogen and oxygen atoms in total. The van der Waals surface area contributed by atoms with Crippen molar-refractivity contribution >= 4 is 21.6 Å². The van der Waals surface area contributed by atoms with E-state index in [9.17, 15) is 13.2 Å². The van der Waals surface area contributed by atoms with Crippen LogP contribution in [0, 0.1) is 27.7 Å². The molecule has 0 radical (unpaired) electrons. The first-order chi connectivity index (χ1) is 16.1. The fourth-order valence-corrected chi connectivity index (χ4v) is 4.97. The topological polar surface area (TPSA) is 75.7 Å². The summed E-state index contributed by atoms with van der Waals surface area (Å²) in [6, 6.07) is 19.4. The molecule has 3 rings (SSSR count). The summed E-state index contributed by atoms with van der Waals surface area (Å²) in [4.78, 5) is 13.1. The second-order valence-corrected chi connectivity index (χ2v) is 10.5. The van der Waals surface area contributed by atoms with Crippen LogP contribution in [0.2, 0.25) is 0 Å². The van der Waals surface area contributed by atoms with Gasteiger partial charge in [0.25, 0.3) is 10.0 Å². The van der Waals surface area contributed by atoms with Crippen LogP contribution in [0.5, 0.6) is 5.75 Å². The molecule has 0 saturated carbocycles. The highest BCUT2D eigenvalue weighted by atomic mass is 32.2. The molecule has 7 heteroatoms. The maximum Gasteiger partial charge on any atom is 0.264 e. The van der Waals surface area contributed by atoms with Crippen molar-refractivity contribution in [1.82, 2.24) is 5.32 Å². The average molecular weight is 481 g/mol. The largest absolute Gasteiger partial charge is 0.491 e. The summed E-state index contributed by atoms with van der Waals surface area (Å²) in [6.07, 6.45) is 0. The first kappa shape index (κ1) is 25.3. The van der Waals surface area contributed by atoms with Crippen molar-refractivity contribution in [3.8, 4) is 5.75 Å². The van der Waals surface area contributed by atoms with Crippen molar-refractivity contribution in [2.75, 3.05) is 17.5 Å². The highest BCUT2D eigenvalue weighted by Crippen LogP contribution is 2.28. The molecule has 0 fully saturated rings. The van der Waals surface area contributed by atoms with Gasteiger partial charge in [-0.15, -0.1) is 0 Å². The van der Waals surface area contributed by atoms with Gasteiger partial charge in [-0.2, -0.15) is 0 Å². The van der Waals surface area contributed by atoms with Gasteiger partial charge in [-0.1, -0.05) is 47.5 Å². The van der Waals surface area contributed by atoms with E-state index in [0.29, 0.717) is 11.4 Å². The van der Waals surface area contributed by atoms with Crippen molar-refractivity contribution in [2.45, 2.75) is 45.6 Å². The number of nitrogens with one attached hydrogen (secondary N) is 1. The standard InChI is InChI=1S/C27H32N2O4S/c1-19-9-13-24(14-10-19)33-18-22(4)28-27(30)17-29(26-8-6-7-21(3)23(26)5)34(31,32)25-15-11-20(2)12-16-25/h6-16,22H,17-18H2,1-5H3,(H,28,30). The molecule has 3 aromatic carbocycles. The van der Waals surface area contributed by atoms with Gasteiger partial charge >= 0.3 is 0 Å². The molecule has 0 spiro atoms. The minimum absolute atomic E-state index is 0.141. The predicted octanol–water partition coefficient (Wildman–Crippen LogP) is 4.70. The van der Waals surface area contributed by atoms with Crippen molar-refractivity contribution in [3.63, 3.8) is 0 Å². The Morgan fingerprint density at radius 2 is 1.50 bits per heavy atom. The zero-order valence-corrected chi connectivity index (χ0v) is 21.1.